The summed E-state index contributed by atoms with van der Waals surface area (Å²) in [6.07, 6.45) is 0.913. The maximum Gasteiger partial charge on any atom is 0.257 e. The van der Waals surface area contributed by atoms with Crippen molar-refractivity contribution in [1.82, 2.24) is 4.90 Å². The molecule has 1 unspecified atom stereocenters. The summed E-state index contributed by atoms with van der Waals surface area (Å²) in [6.45, 7) is 1.33. The number of hydrogen-bond acceptors (Lipinski definition) is 2. The van der Waals surface area contributed by atoms with Crippen LogP contribution in [0.25, 0.3) is 0 Å². The quantitative estimate of drug-likeness (QED) is 0.842. The number of halogens is 2. The van der Waals surface area contributed by atoms with Crippen molar-refractivity contribution in [3.63, 3.8) is 0 Å². The Balaban J connectivity index is 2.17. The lowest BCUT2D eigenvalue weighted by atomic mass is 10.1. The molecule has 0 spiro atoms. The van der Waals surface area contributed by atoms with Gasteiger partial charge in [-0.3, -0.25) is 4.79 Å². The lowest BCUT2D eigenvalue weighted by molar-refractivity contribution is 0.0785. The van der Waals surface area contributed by atoms with Crippen LogP contribution >= 0.6 is 23.2 Å². The Morgan fingerprint density at radius 1 is 1.53 bits per heavy atom. The topological polar surface area (TPSA) is 40.5 Å². The number of phenols is 1. The van der Waals surface area contributed by atoms with Gasteiger partial charge in [0.25, 0.3) is 5.91 Å². The van der Waals surface area contributed by atoms with Gasteiger partial charge in [0.1, 0.15) is 5.75 Å². The van der Waals surface area contributed by atoms with Gasteiger partial charge in [-0.05, 0) is 30.5 Å². The highest BCUT2D eigenvalue weighted by Gasteiger charge is 2.27. The fourth-order valence-electron chi connectivity index (χ4n) is 1.99. The van der Waals surface area contributed by atoms with Crippen LogP contribution in [0.5, 0.6) is 5.75 Å². The molecule has 0 bridgehead atoms. The highest BCUT2D eigenvalue weighted by Crippen LogP contribution is 2.26. The van der Waals surface area contributed by atoms with Gasteiger partial charge in [-0.2, -0.15) is 0 Å². The summed E-state index contributed by atoms with van der Waals surface area (Å²) < 4.78 is 0. The first-order valence-corrected chi connectivity index (χ1v) is 6.37. The molecule has 17 heavy (non-hydrogen) atoms. The Hall–Kier alpha value is -0.930. The molecule has 0 aromatic heterocycles. The minimum absolute atomic E-state index is 0.0336. The van der Waals surface area contributed by atoms with Gasteiger partial charge >= 0.3 is 0 Å². The van der Waals surface area contributed by atoms with Crippen molar-refractivity contribution in [2.45, 2.75) is 6.42 Å². The van der Waals surface area contributed by atoms with Crippen molar-refractivity contribution >= 4 is 29.1 Å². The average molecular weight is 274 g/mol. The second-order valence-corrected chi connectivity index (χ2v) is 4.97. The zero-order chi connectivity index (χ0) is 12.4. The monoisotopic (exact) mass is 273 g/mol. The van der Waals surface area contributed by atoms with Gasteiger partial charge in [-0.15, -0.1) is 11.6 Å². The van der Waals surface area contributed by atoms with Gasteiger partial charge in [0.2, 0.25) is 0 Å². The molecular weight excluding hydrogens is 261 g/mol. The van der Waals surface area contributed by atoms with E-state index in [1.54, 1.807) is 11.0 Å². The molecule has 5 heteroatoms. The van der Waals surface area contributed by atoms with Crippen molar-refractivity contribution in [3.05, 3.63) is 28.8 Å². The summed E-state index contributed by atoms with van der Waals surface area (Å²) in [5.41, 5.74) is 0.257. The minimum atomic E-state index is -0.183. The van der Waals surface area contributed by atoms with Crippen LogP contribution in [0.2, 0.25) is 5.02 Å². The van der Waals surface area contributed by atoms with E-state index in [-0.39, 0.29) is 17.2 Å². The zero-order valence-electron chi connectivity index (χ0n) is 9.20. The van der Waals surface area contributed by atoms with Crippen LogP contribution < -0.4 is 0 Å². The molecule has 1 heterocycles. The van der Waals surface area contributed by atoms with Crippen LogP contribution in [0.15, 0.2) is 18.2 Å². The first-order valence-electron chi connectivity index (χ1n) is 5.45. The SMILES string of the molecule is O=C(c1cc(Cl)ccc1O)N1CCC(CCl)C1. The molecule has 92 valence electrons. The number of carbonyl (C=O) groups excluding carboxylic acids is 1. The third-order valence-corrected chi connectivity index (χ3v) is 3.65. The van der Waals surface area contributed by atoms with Gasteiger partial charge in [0, 0.05) is 24.0 Å². The molecule has 1 saturated heterocycles. The molecule has 1 fully saturated rings. The standard InChI is InChI=1S/C12H13Cl2NO2/c13-6-8-3-4-15(7-8)12(17)10-5-9(14)1-2-11(10)16/h1-2,5,8,16H,3-4,6-7H2. The summed E-state index contributed by atoms with van der Waals surface area (Å²) in [7, 11) is 0. The Morgan fingerprint density at radius 3 is 2.94 bits per heavy atom. The zero-order valence-corrected chi connectivity index (χ0v) is 10.7. The molecule has 1 aliphatic rings. The summed E-state index contributed by atoms with van der Waals surface area (Å²) in [6, 6.07) is 4.48. The Bertz CT molecular complexity index is 437. The fourth-order valence-corrected chi connectivity index (χ4v) is 2.42. The molecule has 1 atom stereocenters. The summed E-state index contributed by atoms with van der Waals surface area (Å²) in [5.74, 6) is 0.693. The number of nitrogens with zero attached hydrogens (tertiary/aromatic N) is 1. The van der Waals surface area contributed by atoms with Crippen LogP contribution in [0.1, 0.15) is 16.8 Å². The minimum Gasteiger partial charge on any atom is -0.507 e. The third kappa shape index (κ3) is 2.67. The van der Waals surface area contributed by atoms with Crippen molar-refractivity contribution in [3.8, 4) is 5.75 Å². The number of phenolic OH excluding ortho intramolecular Hbond substituents is 1. The number of aromatic hydroxyl groups is 1. The van der Waals surface area contributed by atoms with Crippen molar-refractivity contribution in [1.29, 1.82) is 0 Å². The van der Waals surface area contributed by atoms with Crippen molar-refractivity contribution in [2.75, 3.05) is 19.0 Å². The van der Waals surface area contributed by atoms with Crippen LogP contribution in [0.3, 0.4) is 0 Å². The molecule has 3 nitrogen and oxygen atoms in total. The number of likely N-dealkylation sites (tertiary alicyclic amines) is 1. The van der Waals surface area contributed by atoms with E-state index in [0.29, 0.717) is 29.9 Å². The van der Waals surface area contributed by atoms with E-state index in [0.717, 1.165) is 6.42 Å². The molecule has 1 aliphatic heterocycles. The van der Waals surface area contributed by atoms with E-state index < -0.39 is 0 Å². The number of carbonyl (C=O) groups is 1. The summed E-state index contributed by atoms with van der Waals surface area (Å²) >= 11 is 11.6. The number of rotatable bonds is 2. The highest BCUT2D eigenvalue weighted by atomic mass is 35.5. The van der Waals surface area contributed by atoms with Gasteiger partial charge in [0.05, 0.1) is 5.56 Å². The maximum absolute atomic E-state index is 12.1. The molecule has 2 rings (SSSR count). The van der Waals surface area contributed by atoms with Gasteiger partial charge in [-0.25, -0.2) is 0 Å². The molecule has 1 amide bonds. The van der Waals surface area contributed by atoms with Crippen molar-refractivity contribution in [2.24, 2.45) is 5.92 Å². The molecular formula is C12H13Cl2NO2. The molecule has 1 aromatic carbocycles. The van der Waals surface area contributed by atoms with Crippen molar-refractivity contribution < 1.29 is 9.90 Å². The smallest absolute Gasteiger partial charge is 0.257 e. The summed E-state index contributed by atoms with van der Waals surface area (Å²) in [5, 5.41) is 10.1. The Labute approximate surface area is 110 Å². The normalized spacial score (nSPS) is 19.6. The van der Waals surface area contributed by atoms with Gasteiger partial charge < -0.3 is 10.0 Å². The van der Waals surface area contributed by atoms with E-state index >= 15 is 0 Å². The second-order valence-electron chi connectivity index (χ2n) is 4.22. The van der Waals surface area contributed by atoms with Gasteiger partial charge in [-0.1, -0.05) is 11.6 Å². The van der Waals surface area contributed by atoms with E-state index in [4.69, 9.17) is 23.2 Å². The summed E-state index contributed by atoms with van der Waals surface area (Å²) in [4.78, 5) is 13.9. The van der Waals surface area contributed by atoms with E-state index in [1.807, 2.05) is 0 Å². The average Bonchev–Trinajstić information content (AvgIpc) is 2.80. The lowest BCUT2D eigenvalue weighted by Crippen LogP contribution is -2.28. The lowest BCUT2D eigenvalue weighted by Gasteiger charge is -2.16. The maximum atomic E-state index is 12.1. The van der Waals surface area contributed by atoms with E-state index in [9.17, 15) is 9.90 Å². The molecule has 1 N–H and O–H groups in total. The predicted octanol–water partition coefficient (Wildman–Crippen LogP) is 2.75. The van der Waals surface area contributed by atoms with E-state index in [1.165, 1.54) is 12.1 Å². The first-order chi connectivity index (χ1) is 8.11. The molecule has 0 saturated carbocycles. The second kappa shape index (κ2) is 5.15. The van der Waals surface area contributed by atoms with E-state index in [2.05, 4.69) is 0 Å². The molecule has 0 aliphatic carbocycles. The van der Waals surface area contributed by atoms with Crippen LogP contribution in [0, 0.1) is 5.92 Å². The van der Waals surface area contributed by atoms with Gasteiger partial charge in [0.15, 0.2) is 0 Å². The Kier molecular flexibility index (Phi) is 3.79. The predicted molar refractivity (Wildman–Crippen MR) is 67.8 cm³/mol. The number of benzene rings is 1. The number of alkyl halides is 1. The number of hydrogen-bond donors (Lipinski definition) is 1. The van der Waals surface area contributed by atoms with Crippen LogP contribution in [0.4, 0.5) is 0 Å². The number of amides is 1. The fraction of sp³-hybridized carbons (Fsp3) is 0.417. The molecule has 0 radical (unpaired) electrons. The highest BCUT2D eigenvalue weighted by molar-refractivity contribution is 6.31. The third-order valence-electron chi connectivity index (χ3n) is 2.98. The largest absolute Gasteiger partial charge is 0.507 e. The van der Waals surface area contributed by atoms with Crippen LogP contribution in [-0.2, 0) is 0 Å². The molecule has 1 aromatic rings. The van der Waals surface area contributed by atoms with Crippen LogP contribution in [-0.4, -0.2) is 34.9 Å². The first kappa shape index (κ1) is 12.5. The Morgan fingerprint density at radius 2 is 2.29 bits per heavy atom.